The molecule has 1 saturated heterocycles. The van der Waals surface area contributed by atoms with Crippen LogP contribution in [-0.2, 0) is 0 Å². The highest BCUT2D eigenvalue weighted by molar-refractivity contribution is 5.93. The van der Waals surface area contributed by atoms with Crippen LogP contribution in [0.3, 0.4) is 0 Å². The van der Waals surface area contributed by atoms with Gasteiger partial charge in [-0.1, -0.05) is 6.92 Å². The molecule has 116 valence electrons. The van der Waals surface area contributed by atoms with Crippen LogP contribution in [0, 0.1) is 16.0 Å². The van der Waals surface area contributed by atoms with E-state index in [4.69, 9.17) is 0 Å². The minimum absolute atomic E-state index is 0.0140. The van der Waals surface area contributed by atoms with E-state index in [1.54, 1.807) is 9.47 Å². The van der Waals surface area contributed by atoms with Gasteiger partial charge in [0.25, 0.3) is 11.6 Å². The van der Waals surface area contributed by atoms with Crippen LogP contribution in [0.1, 0.15) is 43.7 Å². The lowest BCUT2D eigenvalue weighted by Gasteiger charge is -2.34. The molecule has 0 radical (unpaired) electrons. The molecule has 7 nitrogen and oxygen atoms in total. The third kappa shape index (κ3) is 3.07. The molecule has 2 atom stereocenters. The number of hydrogen-bond donors (Lipinski definition) is 1. The first kappa shape index (κ1) is 15.5. The van der Waals surface area contributed by atoms with Gasteiger partial charge in [0.2, 0.25) is 0 Å². The number of aromatic nitrogens is 1. The molecule has 0 spiro atoms. The average molecular weight is 295 g/mol. The molecule has 2 heterocycles. The maximum atomic E-state index is 12.6. The molecule has 2 rings (SSSR count). The van der Waals surface area contributed by atoms with Crippen molar-refractivity contribution in [2.24, 2.45) is 5.92 Å². The lowest BCUT2D eigenvalue weighted by Crippen LogP contribution is -2.45. The maximum absolute atomic E-state index is 12.6. The lowest BCUT2D eigenvalue weighted by molar-refractivity contribution is -0.384. The van der Waals surface area contributed by atoms with Gasteiger partial charge >= 0.3 is 0 Å². The number of carbonyl (C=O) groups excluding carboxylic acids is 1. The van der Waals surface area contributed by atoms with Crippen molar-refractivity contribution >= 4 is 11.6 Å². The summed E-state index contributed by atoms with van der Waals surface area (Å²) in [6.07, 6.45) is 1.55. The van der Waals surface area contributed by atoms with Crippen LogP contribution in [0.5, 0.6) is 0 Å². The van der Waals surface area contributed by atoms with Crippen molar-refractivity contribution in [1.82, 2.24) is 9.47 Å². The Balaban J connectivity index is 2.28. The number of aliphatic hydroxyl groups is 1. The third-order valence-corrected chi connectivity index (χ3v) is 3.97. The molecule has 1 aromatic heterocycles. The zero-order valence-electron chi connectivity index (χ0n) is 12.5. The Morgan fingerprint density at radius 1 is 1.52 bits per heavy atom. The number of piperidine rings is 1. The molecule has 7 heteroatoms. The van der Waals surface area contributed by atoms with Crippen LogP contribution >= 0.6 is 0 Å². The van der Waals surface area contributed by atoms with Gasteiger partial charge in [0.15, 0.2) is 0 Å². The minimum atomic E-state index is -0.488. The van der Waals surface area contributed by atoms with Crippen molar-refractivity contribution in [3.63, 3.8) is 0 Å². The first-order chi connectivity index (χ1) is 9.81. The minimum Gasteiger partial charge on any atom is -0.393 e. The fourth-order valence-corrected chi connectivity index (χ4v) is 2.64. The second kappa shape index (κ2) is 5.85. The molecule has 1 amide bonds. The molecule has 1 aliphatic rings. The summed E-state index contributed by atoms with van der Waals surface area (Å²) < 4.78 is 1.64. The molecule has 0 aromatic carbocycles. The van der Waals surface area contributed by atoms with Crippen molar-refractivity contribution in [2.45, 2.75) is 39.3 Å². The van der Waals surface area contributed by atoms with Crippen molar-refractivity contribution < 1.29 is 14.8 Å². The number of rotatable bonds is 3. The van der Waals surface area contributed by atoms with E-state index >= 15 is 0 Å². The number of nitro groups is 1. The number of nitrogens with zero attached hydrogens (tertiary/aromatic N) is 3. The van der Waals surface area contributed by atoms with Gasteiger partial charge in [0.1, 0.15) is 5.69 Å². The van der Waals surface area contributed by atoms with Crippen LogP contribution in [0.2, 0.25) is 0 Å². The summed E-state index contributed by atoms with van der Waals surface area (Å²) in [5.41, 5.74) is 0.262. The number of carbonyl (C=O) groups is 1. The van der Waals surface area contributed by atoms with E-state index in [0.29, 0.717) is 25.2 Å². The highest BCUT2D eigenvalue weighted by Gasteiger charge is 2.30. The highest BCUT2D eigenvalue weighted by Crippen LogP contribution is 2.24. The first-order valence-corrected chi connectivity index (χ1v) is 7.15. The summed E-state index contributed by atoms with van der Waals surface area (Å²) in [7, 11) is 0. The van der Waals surface area contributed by atoms with Gasteiger partial charge in [-0.2, -0.15) is 0 Å². The van der Waals surface area contributed by atoms with Crippen LogP contribution in [0.15, 0.2) is 12.3 Å². The molecule has 1 aromatic rings. The van der Waals surface area contributed by atoms with E-state index in [2.05, 4.69) is 0 Å². The van der Waals surface area contributed by atoms with Gasteiger partial charge < -0.3 is 14.6 Å². The zero-order chi connectivity index (χ0) is 15.7. The van der Waals surface area contributed by atoms with Crippen LogP contribution in [0.25, 0.3) is 0 Å². The zero-order valence-corrected chi connectivity index (χ0v) is 12.5. The summed E-state index contributed by atoms with van der Waals surface area (Å²) in [4.78, 5) is 24.7. The summed E-state index contributed by atoms with van der Waals surface area (Å²) in [6, 6.07) is 1.29. The monoisotopic (exact) mass is 295 g/mol. The van der Waals surface area contributed by atoms with E-state index in [9.17, 15) is 20.0 Å². The molecular weight excluding hydrogens is 274 g/mol. The summed E-state index contributed by atoms with van der Waals surface area (Å²) in [5.74, 6) is -0.198. The Hall–Kier alpha value is -1.89. The van der Waals surface area contributed by atoms with Crippen molar-refractivity contribution in [1.29, 1.82) is 0 Å². The summed E-state index contributed by atoms with van der Waals surface area (Å²) >= 11 is 0. The van der Waals surface area contributed by atoms with E-state index in [0.717, 1.165) is 0 Å². The van der Waals surface area contributed by atoms with Gasteiger partial charge in [-0.3, -0.25) is 14.9 Å². The van der Waals surface area contributed by atoms with E-state index in [1.165, 1.54) is 12.3 Å². The smallest absolute Gasteiger partial charge is 0.287 e. The predicted octanol–water partition coefficient (Wildman–Crippen LogP) is 1.82. The summed E-state index contributed by atoms with van der Waals surface area (Å²) in [6.45, 7) is 6.60. The summed E-state index contributed by atoms with van der Waals surface area (Å²) in [5, 5.41) is 20.7. The van der Waals surface area contributed by atoms with Crippen molar-refractivity contribution in [3.05, 3.63) is 28.1 Å². The Morgan fingerprint density at radius 2 is 2.19 bits per heavy atom. The van der Waals surface area contributed by atoms with Crippen molar-refractivity contribution in [3.8, 4) is 0 Å². The fraction of sp³-hybridized carbons (Fsp3) is 0.643. The number of likely N-dealkylation sites (tertiary alicyclic amines) is 1. The third-order valence-electron chi connectivity index (χ3n) is 3.97. The number of hydrogen-bond acceptors (Lipinski definition) is 4. The van der Waals surface area contributed by atoms with Crippen LogP contribution in [0.4, 0.5) is 5.69 Å². The molecule has 21 heavy (non-hydrogen) atoms. The molecule has 1 fully saturated rings. The SMILES string of the molecule is CC1CN(C(=O)c2cc([N+](=O)[O-])cn2C(C)C)CCC1O. The molecule has 0 saturated carbocycles. The topological polar surface area (TPSA) is 88.6 Å². The van der Waals surface area contributed by atoms with Gasteiger partial charge in [-0.05, 0) is 26.2 Å². The molecular formula is C14H21N3O4. The Kier molecular flexibility index (Phi) is 4.32. The van der Waals surface area contributed by atoms with Gasteiger partial charge in [0.05, 0.1) is 17.2 Å². The average Bonchev–Trinajstić information content (AvgIpc) is 2.86. The Bertz CT molecular complexity index is 552. The Labute approximate surface area is 123 Å². The maximum Gasteiger partial charge on any atom is 0.287 e. The van der Waals surface area contributed by atoms with Crippen LogP contribution < -0.4 is 0 Å². The second-order valence-corrected chi connectivity index (χ2v) is 5.93. The molecule has 0 aliphatic carbocycles. The number of amides is 1. The quantitative estimate of drug-likeness (QED) is 0.680. The second-order valence-electron chi connectivity index (χ2n) is 5.93. The molecule has 2 unspecified atom stereocenters. The normalized spacial score (nSPS) is 22.6. The number of aliphatic hydroxyl groups excluding tert-OH is 1. The van der Waals surface area contributed by atoms with Crippen molar-refractivity contribution in [2.75, 3.05) is 13.1 Å². The molecule has 1 N–H and O–H groups in total. The lowest BCUT2D eigenvalue weighted by atomic mass is 9.96. The van der Waals surface area contributed by atoms with E-state index in [1.807, 2.05) is 20.8 Å². The molecule has 1 aliphatic heterocycles. The van der Waals surface area contributed by atoms with Gasteiger partial charge in [-0.15, -0.1) is 0 Å². The standard InChI is InChI=1S/C14H21N3O4/c1-9(2)16-8-11(17(20)21)6-12(16)14(19)15-5-4-13(18)10(3)7-15/h6,8-10,13,18H,4-5,7H2,1-3H3. The Morgan fingerprint density at radius 3 is 2.71 bits per heavy atom. The predicted molar refractivity (Wildman–Crippen MR) is 77.2 cm³/mol. The van der Waals surface area contributed by atoms with E-state index in [-0.39, 0.29) is 29.7 Å². The van der Waals surface area contributed by atoms with Crippen LogP contribution in [-0.4, -0.2) is 44.6 Å². The van der Waals surface area contributed by atoms with Gasteiger partial charge in [0, 0.05) is 25.2 Å². The highest BCUT2D eigenvalue weighted by atomic mass is 16.6. The first-order valence-electron chi connectivity index (χ1n) is 7.15. The molecule has 0 bridgehead atoms. The fourth-order valence-electron chi connectivity index (χ4n) is 2.64. The van der Waals surface area contributed by atoms with E-state index < -0.39 is 4.92 Å². The van der Waals surface area contributed by atoms with Gasteiger partial charge in [-0.25, -0.2) is 0 Å². The largest absolute Gasteiger partial charge is 0.393 e.